The second-order valence-corrected chi connectivity index (χ2v) is 6.75. The Balaban J connectivity index is 1.74. The lowest BCUT2D eigenvalue weighted by Gasteiger charge is -2.54. The number of nitrogen functional groups attached to an aromatic ring is 1. The van der Waals surface area contributed by atoms with Crippen LogP contribution in [0.25, 0.3) is 0 Å². The highest BCUT2D eigenvalue weighted by Crippen LogP contribution is 2.59. The van der Waals surface area contributed by atoms with E-state index in [-0.39, 0.29) is 0 Å². The fourth-order valence-electron chi connectivity index (χ4n) is 5.18. The summed E-state index contributed by atoms with van der Waals surface area (Å²) in [6, 6.07) is 0. The van der Waals surface area contributed by atoms with Crippen LogP contribution >= 0.6 is 0 Å². The predicted octanol–water partition coefficient (Wildman–Crippen LogP) is 2.91. The molecule has 1 aromatic heterocycles. The molecule has 1 aromatic rings. The minimum absolute atomic E-state index is 0.449. The second-order valence-electron chi connectivity index (χ2n) is 6.75. The summed E-state index contributed by atoms with van der Waals surface area (Å²) in [4.78, 5) is 8.70. The third-order valence-corrected chi connectivity index (χ3v) is 5.57. The summed E-state index contributed by atoms with van der Waals surface area (Å²) in [7, 11) is 0. The fraction of sp³-hybridized carbons (Fsp3) is 0.733. The molecular weight excluding hydrogens is 222 g/mol. The van der Waals surface area contributed by atoms with Gasteiger partial charge in [-0.05, 0) is 68.3 Å². The number of nitrogens with two attached hydrogens (primary N) is 1. The van der Waals surface area contributed by atoms with Crippen molar-refractivity contribution >= 4 is 5.95 Å². The first-order valence-corrected chi connectivity index (χ1v) is 7.29. The molecule has 4 fully saturated rings. The van der Waals surface area contributed by atoms with Crippen molar-refractivity contribution in [3.05, 3.63) is 17.5 Å². The molecule has 4 saturated carbocycles. The van der Waals surface area contributed by atoms with Crippen LogP contribution in [0.2, 0.25) is 0 Å². The van der Waals surface area contributed by atoms with E-state index in [4.69, 9.17) is 5.73 Å². The number of nitrogens with zero attached hydrogens (tertiary/aromatic N) is 2. The predicted molar refractivity (Wildman–Crippen MR) is 71.0 cm³/mol. The number of anilines is 1. The molecule has 0 radical (unpaired) electrons. The lowest BCUT2D eigenvalue weighted by molar-refractivity contribution is -0.00436. The zero-order chi connectivity index (χ0) is 12.3. The second kappa shape index (κ2) is 3.69. The van der Waals surface area contributed by atoms with Crippen LogP contribution in [-0.2, 0) is 0 Å². The van der Waals surface area contributed by atoms with Gasteiger partial charge in [0.2, 0.25) is 5.95 Å². The van der Waals surface area contributed by atoms with Crippen LogP contribution in [0.4, 0.5) is 5.95 Å². The number of hydrogen-bond donors (Lipinski definition) is 1. The lowest BCUT2D eigenvalue weighted by atomic mass is 9.51. The summed E-state index contributed by atoms with van der Waals surface area (Å²) in [5.74, 6) is 4.89. The van der Waals surface area contributed by atoms with E-state index in [0.29, 0.717) is 11.9 Å². The van der Waals surface area contributed by atoms with E-state index in [1.165, 1.54) is 43.4 Å². The maximum absolute atomic E-state index is 5.80. The van der Waals surface area contributed by atoms with Gasteiger partial charge in [0.1, 0.15) is 0 Å². The molecule has 4 aliphatic rings. The van der Waals surface area contributed by atoms with Crippen molar-refractivity contribution in [2.24, 2.45) is 23.7 Å². The number of aryl methyl sites for hydroxylation is 1. The van der Waals surface area contributed by atoms with Gasteiger partial charge in [-0.15, -0.1) is 0 Å². The molecule has 0 saturated heterocycles. The van der Waals surface area contributed by atoms with Crippen LogP contribution in [0.5, 0.6) is 0 Å². The Kier molecular flexibility index (Phi) is 2.21. The van der Waals surface area contributed by atoms with Gasteiger partial charge in [-0.2, -0.15) is 0 Å². The maximum atomic E-state index is 5.80. The molecule has 1 heterocycles. The molecule has 2 N–H and O–H groups in total. The first kappa shape index (κ1) is 10.8. The van der Waals surface area contributed by atoms with Gasteiger partial charge in [-0.25, -0.2) is 9.97 Å². The molecule has 3 heteroatoms. The van der Waals surface area contributed by atoms with E-state index in [9.17, 15) is 0 Å². The molecule has 0 unspecified atom stereocenters. The van der Waals surface area contributed by atoms with Gasteiger partial charge in [0.15, 0.2) is 0 Å². The van der Waals surface area contributed by atoms with Crippen LogP contribution in [0, 0.1) is 30.6 Å². The summed E-state index contributed by atoms with van der Waals surface area (Å²) < 4.78 is 0. The molecule has 18 heavy (non-hydrogen) atoms. The molecule has 0 amide bonds. The molecular formula is C15H21N3. The molecule has 0 spiro atoms. The fourth-order valence-corrected chi connectivity index (χ4v) is 5.18. The molecule has 96 valence electrons. The molecule has 4 aliphatic carbocycles. The van der Waals surface area contributed by atoms with Crippen molar-refractivity contribution in [1.82, 2.24) is 9.97 Å². The van der Waals surface area contributed by atoms with Crippen molar-refractivity contribution in [2.75, 3.05) is 5.73 Å². The minimum atomic E-state index is 0.449. The van der Waals surface area contributed by atoms with E-state index in [1.807, 2.05) is 6.20 Å². The minimum Gasteiger partial charge on any atom is -0.368 e. The third kappa shape index (κ3) is 1.49. The number of rotatable bonds is 1. The zero-order valence-corrected chi connectivity index (χ0v) is 11.0. The smallest absolute Gasteiger partial charge is 0.220 e. The quantitative estimate of drug-likeness (QED) is 0.825. The first-order chi connectivity index (χ1) is 8.70. The summed E-state index contributed by atoms with van der Waals surface area (Å²) in [5, 5.41) is 0. The van der Waals surface area contributed by atoms with Crippen LogP contribution in [-0.4, -0.2) is 9.97 Å². The van der Waals surface area contributed by atoms with Gasteiger partial charge in [-0.3, -0.25) is 0 Å². The highest BCUT2D eigenvalue weighted by atomic mass is 15.0. The zero-order valence-electron chi connectivity index (χ0n) is 11.0. The van der Waals surface area contributed by atoms with Crippen LogP contribution < -0.4 is 5.73 Å². The third-order valence-electron chi connectivity index (χ3n) is 5.57. The van der Waals surface area contributed by atoms with Gasteiger partial charge in [0.25, 0.3) is 0 Å². The summed E-state index contributed by atoms with van der Waals surface area (Å²) in [6.45, 7) is 2.14. The van der Waals surface area contributed by atoms with Crippen molar-refractivity contribution in [3.63, 3.8) is 0 Å². The van der Waals surface area contributed by atoms with Crippen LogP contribution in [0.1, 0.15) is 49.3 Å². The van der Waals surface area contributed by atoms with Crippen molar-refractivity contribution in [3.8, 4) is 0 Å². The van der Waals surface area contributed by atoms with Crippen LogP contribution in [0.3, 0.4) is 0 Å². The van der Waals surface area contributed by atoms with Crippen molar-refractivity contribution in [2.45, 2.75) is 44.9 Å². The molecule has 0 aliphatic heterocycles. The van der Waals surface area contributed by atoms with E-state index < -0.39 is 0 Å². The van der Waals surface area contributed by atoms with Crippen molar-refractivity contribution < 1.29 is 0 Å². The average molecular weight is 243 g/mol. The summed E-state index contributed by atoms with van der Waals surface area (Å²) >= 11 is 0. The molecule has 0 atom stereocenters. The first-order valence-electron chi connectivity index (χ1n) is 7.29. The Morgan fingerprint density at radius 1 is 1.06 bits per heavy atom. The Bertz CT molecular complexity index is 455. The highest BCUT2D eigenvalue weighted by Gasteiger charge is 2.49. The summed E-state index contributed by atoms with van der Waals surface area (Å²) in [5.41, 5.74) is 8.30. The van der Waals surface area contributed by atoms with E-state index in [1.54, 1.807) is 0 Å². The van der Waals surface area contributed by atoms with Crippen molar-refractivity contribution in [1.29, 1.82) is 0 Å². The Labute approximate surface area is 108 Å². The van der Waals surface area contributed by atoms with E-state index in [0.717, 1.165) is 23.7 Å². The maximum Gasteiger partial charge on any atom is 0.220 e. The lowest BCUT2D eigenvalue weighted by Crippen LogP contribution is -2.44. The van der Waals surface area contributed by atoms with Gasteiger partial charge < -0.3 is 5.73 Å². The molecule has 4 bridgehead atoms. The topological polar surface area (TPSA) is 51.8 Å². The van der Waals surface area contributed by atoms with Gasteiger partial charge in [-0.1, -0.05) is 0 Å². The molecule has 3 nitrogen and oxygen atoms in total. The van der Waals surface area contributed by atoms with E-state index in [2.05, 4.69) is 16.9 Å². The Morgan fingerprint density at radius 3 is 2.28 bits per heavy atom. The summed E-state index contributed by atoms with van der Waals surface area (Å²) in [6.07, 6.45) is 9.14. The van der Waals surface area contributed by atoms with E-state index >= 15 is 0 Å². The van der Waals surface area contributed by atoms with Gasteiger partial charge in [0.05, 0.1) is 5.69 Å². The number of aromatic nitrogens is 2. The Morgan fingerprint density at radius 2 is 1.67 bits per heavy atom. The largest absolute Gasteiger partial charge is 0.368 e. The Hall–Kier alpha value is -1.12. The average Bonchev–Trinajstić information content (AvgIpc) is 2.32. The molecule has 0 aromatic carbocycles. The van der Waals surface area contributed by atoms with Crippen LogP contribution in [0.15, 0.2) is 6.20 Å². The monoisotopic (exact) mass is 243 g/mol. The van der Waals surface area contributed by atoms with Gasteiger partial charge >= 0.3 is 0 Å². The van der Waals surface area contributed by atoms with Gasteiger partial charge in [0, 0.05) is 12.1 Å². The highest BCUT2D eigenvalue weighted by molar-refractivity contribution is 5.29. The standard InChI is InChI=1S/C15H21N3/c1-8-7-17-15(16)18-14(8)13-11-3-9-2-10(5-11)6-12(13)4-9/h7,9-13H,2-6H2,1H3,(H2,16,17,18). The normalized spacial score (nSPS) is 41.3. The SMILES string of the molecule is Cc1cnc(N)nc1C1C2CC3CC(C2)CC1C3. The molecule has 5 rings (SSSR count). The number of hydrogen-bond acceptors (Lipinski definition) is 3.